The Balaban J connectivity index is 1.62. The van der Waals surface area contributed by atoms with Crippen LogP contribution in [0.25, 0.3) is 5.52 Å². The lowest BCUT2D eigenvalue weighted by molar-refractivity contribution is 0.0675. The fourth-order valence-electron chi connectivity index (χ4n) is 3.96. The molecule has 5 rings (SSSR count). The number of imidazole rings is 1. The van der Waals surface area contributed by atoms with Gasteiger partial charge in [-0.1, -0.05) is 17.7 Å². The third-order valence-corrected chi connectivity index (χ3v) is 5.74. The number of hydrogen-bond donors (Lipinski definition) is 1. The van der Waals surface area contributed by atoms with E-state index < -0.39 is 12.2 Å². The van der Waals surface area contributed by atoms with Crippen molar-refractivity contribution in [2.24, 2.45) is 7.05 Å². The van der Waals surface area contributed by atoms with Crippen LogP contribution in [-0.4, -0.2) is 46.7 Å². The van der Waals surface area contributed by atoms with Crippen molar-refractivity contribution < 1.29 is 9.18 Å². The second-order valence-corrected chi connectivity index (χ2v) is 7.75. The Labute approximate surface area is 176 Å². The van der Waals surface area contributed by atoms with E-state index in [0.717, 1.165) is 16.9 Å². The van der Waals surface area contributed by atoms with Gasteiger partial charge in [-0.15, -0.1) is 0 Å². The van der Waals surface area contributed by atoms with E-state index in [2.05, 4.69) is 20.2 Å². The lowest BCUT2D eigenvalue weighted by atomic mass is 9.99. The van der Waals surface area contributed by atoms with Gasteiger partial charge in [-0.2, -0.15) is 10.2 Å². The molecular weight excluding hydrogens is 409 g/mol. The van der Waals surface area contributed by atoms with E-state index in [1.165, 1.54) is 17.7 Å². The summed E-state index contributed by atoms with van der Waals surface area (Å²) >= 11 is 6.29. The average Bonchev–Trinajstić information content (AvgIpc) is 3.44. The number of carbonyl (C=O) groups is 1. The molecule has 0 radical (unpaired) electrons. The minimum atomic E-state index is -1.26. The van der Waals surface area contributed by atoms with Gasteiger partial charge in [0.1, 0.15) is 23.1 Å². The Kier molecular flexibility index (Phi) is 4.35. The first-order valence-corrected chi connectivity index (χ1v) is 9.97. The molecule has 2 atom stereocenters. The van der Waals surface area contributed by atoms with Crippen LogP contribution in [0.1, 0.15) is 52.4 Å². The third-order valence-electron chi connectivity index (χ3n) is 5.45. The van der Waals surface area contributed by atoms with Crippen molar-refractivity contribution in [1.82, 2.24) is 34.3 Å². The highest BCUT2D eigenvalue weighted by Gasteiger charge is 2.37. The van der Waals surface area contributed by atoms with E-state index >= 15 is 0 Å². The highest BCUT2D eigenvalue weighted by Crippen LogP contribution is 2.35. The molecule has 0 spiro atoms. The summed E-state index contributed by atoms with van der Waals surface area (Å²) < 4.78 is 16.8. The minimum Gasteiger partial charge on any atom is -0.348 e. The van der Waals surface area contributed by atoms with Gasteiger partial charge in [-0.25, -0.2) is 13.9 Å². The number of carbonyl (C=O) groups excluding carboxylic acids is 1. The van der Waals surface area contributed by atoms with Gasteiger partial charge in [0.25, 0.3) is 5.91 Å². The zero-order valence-corrected chi connectivity index (χ0v) is 17.1. The highest BCUT2D eigenvalue weighted by atomic mass is 35.5. The van der Waals surface area contributed by atoms with E-state index in [9.17, 15) is 9.18 Å². The smallest absolute Gasteiger partial charge is 0.273 e. The molecule has 0 fully saturated rings. The number of alkyl halides is 1. The number of H-pyrrole nitrogens is 1. The third kappa shape index (κ3) is 2.88. The predicted molar refractivity (Wildman–Crippen MR) is 108 cm³/mol. The van der Waals surface area contributed by atoms with E-state index in [4.69, 9.17) is 11.6 Å². The summed E-state index contributed by atoms with van der Waals surface area (Å²) in [5.74, 6) is -0.251. The van der Waals surface area contributed by atoms with E-state index in [1.807, 2.05) is 18.2 Å². The van der Waals surface area contributed by atoms with Crippen molar-refractivity contribution in [1.29, 1.82) is 0 Å². The number of fused-ring (bicyclic) bond motifs is 2. The summed E-state index contributed by atoms with van der Waals surface area (Å²) in [4.78, 5) is 22.8. The molecule has 154 valence electrons. The van der Waals surface area contributed by atoms with Crippen LogP contribution in [0, 0.1) is 0 Å². The molecule has 1 amide bonds. The molecule has 8 nitrogen and oxygen atoms in total. The predicted octanol–water partition coefficient (Wildman–Crippen LogP) is 3.26. The van der Waals surface area contributed by atoms with Crippen LogP contribution in [0.15, 0.2) is 36.7 Å². The molecule has 10 heteroatoms. The van der Waals surface area contributed by atoms with Gasteiger partial charge in [-0.3, -0.25) is 9.48 Å². The summed E-state index contributed by atoms with van der Waals surface area (Å²) in [5.41, 5.74) is 3.74. The lowest BCUT2D eigenvalue weighted by Crippen LogP contribution is -2.41. The number of nitrogens with zero attached hydrogens (tertiary/aromatic N) is 6. The van der Waals surface area contributed by atoms with Gasteiger partial charge < -0.3 is 9.88 Å². The summed E-state index contributed by atoms with van der Waals surface area (Å²) in [6, 6.07) is 8.42. The Morgan fingerprint density at radius 3 is 2.90 bits per heavy atom. The fourth-order valence-corrected chi connectivity index (χ4v) is 4.17. The molecule has 0 saturated carbocycles. The van der Waals surface area contributed by atoms with Crippen LogP contribution < -0.4 is 0 Å². The summed E-state index contributed by atoms with van der Waals surface area (Å²) in [6.45, 7) is 1.86. The van der Waals surface area contributed by atoms with Crippen molar-refractivity contribution in [3.8, 4) is 0 Å². The molecule has 1 N–H and O–H groups in total. The van der Waals surface area contributed by atoms with E-state index in [0.29, 0.717) is 29.5 Å². The maximum Gasteiger partial charge on any atom is 0.273 e. The van der Waals surface area contributed by atoms with Crippen molar-refractivity contribution in [2.75, 3.05) is 6.54 Å². The summed E-state index contributed by atoms with van der Waals surface area (Å²) in [5, 5.41) is 9.27. The monoisotopic (exact) mass is 427 g/mol. The number of aromatic amines is 1. The first kappa shape index (κ1) is 18.8. The Bertz CT molecular complexity index is 1260. The Hall–Kier alpha value is -3.20. The van der Waals surface area contributed by atoms with Crippen molar-refractivity contribution in [2.45, 2.75) is 25.6 Å². The van der Waals surface area contributed by atoms with Gasteiger partial charge in [0.05, 0.1) is 28.9 Å². The minimum absolute atomic E-state index is 0.231. The number of pyridine rings is 1. The van der Waals surface area contributed by atoms with Crippen LogP contribution in [-0.2, 0) is 13.5 Å². The Morgan fingerprint density at radius 1 is 1.33 bits per heavy atom. The van der Waals surface area contributed by atoms with Crippen molar-refractivity contribution >= 4 is 23.0 Å². The average molecular weight is 428 g/mol. The maximum absolute atomic E-state index is 13.7. The van der Waals surface area contributed by atoms with Gasteiger partial charge >= 0.3 is 0 Å². The van der Waals surface area contributed by atoms with E-state index in [-0.39, 0.29) is 11.6 Å². The van der Waals surface area contributed by atoms with Crippen LogP contribution in [0.5, 0.6) is 0 Å². The second kappa shape index (κ2) is 6.94. The van der Waals surface area contributed by atoms with E-state index in [1.54, 1.807) is 28.9 Å². The molecule has 0 aromatic carbocycles. The number of halogens is 2. The van der Waals surface area contributed by atoms with Gasteiger partial charge in [0, 0.05) is 25.7 Å². The molecule has 4 aromatic heterocycles. The summed E-state index contributed by atoms with van der Waals surface area (Å²) in [7, 11) is 1.64. The van der Waals surface area contributed by atoms with Crippen molar-refractivity contribution in [3.05, 3.63) is 70.3 Å². The molecule has 4 aromatic rings. The molecule has 0 saturated heterocycles. The zero-order valence-electron chi connectivity index (χ0n) is 16.4. The van der Waals surface area contributed by atoms with Gasteiger partial charge in [-0.05, 0) is 31.2 Å². The first-order valence-electron chi connectivity index (χ1n) is 9.59. The van der Waals surface area contributed by atoms with Gasteiger partial charge in [0.15, 0.2) is 0 Å². The topological polar surface area (TPSA) is 84.1 Å². The molecule has 5 heterocycles. The molecule has 30 heavy (non-hydrogen) atoms. The maximum atomic E-state index is 13.7. The van der Waals surface area contributed by atoms with Crippen LogP contribution >= 0.6 is 11.6 Å². The molecule has 0 bridgehead atoms. The second-order valence-electron chi connectivity index (χ2n) is 7.37. The number of aromatic nitrogens is 6. The van der Waals surface area contributed by atoms with Crippen LogP contribution in [0.3, 0.4) is 0 Å². The summed E-state index contributed by atoms with van der Waals surface area (Å²) in [6.07, 6.45) is 1.01. The number of aryl methyl sites for hydroxylation is 1. The fraction of sp³-hybridized carbons (Fsp3) is 0.300. The number of rotatable bonds is 3. The molecule has 1 aliphatic rings. The zero-order chi connectivity index (χ0) is 21.0. The van der Waals surface area contributed by atoms with Crippen LogP contribution in [0.4, 0.5) is 4.39 Å². The van der Waals surface area contributed by atoms with Gasteiger partial charge in [0.2, 0.25) is 0 Å². The normalized spacial score (nSPS) is 17.3. The number of nitrogens with one attached hydrogen (secondary N) is 1. The van der Waals surface area contributed by atoms with Crippen LogP contribution in [0.2, 0.25) is 5.15 Å². The molecule has 1 unspecified atom stereocenters. The Morgan fingerprint density at radius 2 is 2.17 bits per heavy atom. The molecular formula is C20H19ClFN7O. The quantitative estimate of drug-likeness (QED) is 0.508. The standard InChI is InChI=1S/C20H19ClFN7O/c1-11(22)14-9-16(27(2)25-14)20(30)28-7-6-13-18(24-10-23-13)19(28)15-8-12-4-3-5-17(21)29(12)26-15/h3-5,8-11,19H,6-7H2,1-2H3,(H,23,24)/t11?,19-/m1/s1. The first-order chi connectivity index (χ1) is 14.4. The SMILES string of the molecule is CC(F)c1cc(C(=O)N2CCc3[nH]cnc3[C@H]2c2cc3cccc(Cl)n3n2)n(C)n1. The largest absolute Gasteiger partial charge is 0.348 e. The van der Waals surface area contributed by atoms with Crippen molar-refractivity contribution in [3.63, 3.8) is 0 Å². The highest BCUT2D eigenvalue weighted by molar-refractivity contribution is 6.29. The molecule has 0 aliphatic carbocycles. The number of hydrogen-bond acceptors (Lipinski definition) is 4. The molecule has 1 aliphatic heterocycles. The lowest BCUT2D eigenvalue weighted by Gasteiger charge is -2.33. The number of amides is 1.